The van der Waals surface area contributed by atoms with Gasteiger partial charge in [-0.25, -0.2) is 14.4 Å². The van der Waals surface area contributed by atoms with E-state index in [1.165, 1.54) is 36.3 Å². The number of nitrogens with one attached hydrogen (secondary N) is 1. The summed E-state index contributed by atoms with van der Waals surface area (Å²) in [5.74, 6) is 0.120. The fourth-order valence-corrected chi connectivity index (χ4v) is 5.68. The summed E-state index contributed by atoms with van der Waals surface area (Å²) in [5, 5.41) is 14.8. The maximum Gasteiger partial charge on any atom is 0.183 e. The summed E-state index contributed by atoms with van der Waals surface area (Å²) in [6.45, 7) is 3.24. The molecule has 1 aliphatic rings. The number of carbonyl (C=O) groups excluding carboxylic acids is 1. The number of thioether (sulfide) groups is 1. The third kappa shape index (κ3) is 4.07. The van der Waals surface area contributed by atoms with E-state index in [0.29, 0.717) is 34.1 Å². The third-order valence-electron chi connectivity index (χ3n) is 5.17. The van der Waals surface area contributed by atoms with Crippen LogP contribution in [0.5, 0.6) is 5.75 Å². The van der Waals surface area contributed by atoms with Gasteiger partial charge in [0, 0.05) is 4.88 Å². The van der Waals surface area contributed by atoms with Gasteiger partial charge in [-0.15, -0.1) is 11.3 Å². The van der Waals surface area contributed by atoms with Gasteiger partial charge in [-0.2, -0.15) is 0 Å². The number of halogens is 1. The van der Waals surface area contributed by atoms with Crippen LogP contribution in [0.4, 0.5) is 4.39 Å². The highest BCUT2D eigenvalue weighted by Gasteiger charge is 2.33. The van der Waals surface area contributed by atoms with E-state index in [1.807, 2.05) is 6.07 Å². The molecule has 0 bridgehead atoms. The molecule has 158 valence electrons. The van der Waals surface area contributed by atoms with Crippen LogP contribution in [0, 0.1) is 12.7 Å². The molecule has 0 aliphatic carbocycles. The molecular formula is C21H22FN3O3S2. The summed E-state index contributed by atoms with van der Waals surface area (Å²) in [6.07, 6.45) is 1.26. The largest absolute Gasteiger partial charge is 0.494 e. The first-order valence-electron chi connectivity index (χ1n) is 9.61. The lowest BCUT2D eigenvalue weighted by Gasteiger charge is -2.31. The Morgan fingerprint density at radius 3 is 2.80 bits per heavy atom. The maximum absolute atomic E-state index is 14.8. The zero-order chi connectivity index (χ0) is 21.3. The molecule has 0 saturated carbocycles. The second-order valence-corrected chi connectivity index (χ2v) is 9.26. The monoisotopic (exact) mass is 447 g/mol. The number of thiophene rings is 1. The normalized spacial score (nSPS) is 16.0. The van der Waals surface area contributed by atoms with Crippen LogP contribution in [0.15, 0.2) is 29.3 Å². The minimum Gasteiger partial charge on any atom is -0.494 e. The predicted octanol–water partition coefficient (Wildman–Crippen LogP) is 3.69. The molecule has 0 amide bonds. The molecule has 1 aromatic carbocycles. The van der Waals surface area contributed by atoms with Gasteiger partial charge in [0.2, 0.25) is 0 Å². The van der Waals surface area contributed by atoms with Crippen molar-refractivity contribution in [2.45, 2.75) is 30.4 Å². The van der Waals surface area contributed by atoms with Crippen LogP contribution >= 0.6 is 23.1 Å². The van der Waals surface area contributed by atoms with E-state index < -0.39 is 11.4 Å². The quantitative estimate of drug-likeness (QED) is 0.339. The van der Waals surface area contributed by atoms with Crippen molar-refractivity contribution in [3.63, 3.8) is 0 Å². The summed E-state index contributed by atoms with van der Waals surface area (Å²) in [5.41, 5.74) is -0.399. The van der Waals surface area contributed by atoms with Gasteiger partial charge in [0.05, 0.1) is 28.6 Å². The summed E-state index contributed by atoms with van der Waals surface area (Å²) in [4.78, 5) is 22.8. The summed E-state index contributed by atoms with van der Waals surface area (Å²) >= 11 is 2.51. The fraction of sp³-hybridized carbons (Fsp3) is 0.381. The van der Waals surface area contributed by atoms with Crippen LogP contribution in [0.25, 0.3) is 10.9 Å². The number of nitrogens with zero attached hydrogens (tertiary/aromatic N) is 2. The van der Waals surface area contributed by atoms with Crippen LogP contribution < -0.4 is 10.1 Å². The van der Waals surface area contributed by atoms with Gasteiger partial charge in [-0.3, -0.25) is 4.79 Å². The first-order valence-corrected chi connectivity index (χ1v) is 11.4. The third-order valence-corrected chi connectivity index (χ3v) is 7.47. The molecule has 0 atom stereocenters. The first kappa shape index (κ1) is 21.2. The van der Waals surface area contributed by atoms with E-state index >= 15 is 0 Å². The molecule has 0 radical (unpaired) electrons. The first-order chi connectivity index (χ1) is 14.4. The van der Waals surface area contributed by atoms with E-state index in [-0.39, 0.29) is 22.7 Å². The number of hydrogen-bond donors (Lipinski definition) is 2. The number of aromatic nitrogens is 2. The van der Waals surface area contributed by atoms with E-state index in [9.17, 15) is 14.3 Å². The molecule has 0 spiro atoms. The average molecular weight is 448 g/mol. The average Bonchev–Trinajstić information content (AvgIpc) is 3.24. The van der Waals surface area contributed by atoms with Crippen LogP contribution in [-0.4, -0.2) is 46.8 Å². The van der Waals surface area contributed by atoms with Gasteiger partial charge < -0.3 is 15.2 Å². The number of carbonyl (C=O) groups is 1. The minimum absolute atomic E-state index is 0.0819. The van der Waals surface area contributed by atoms with Gasteiger partial charge in [0.15, 0.2) is 17.3 Å². The highest BCUT2D eigenvalue weighted by Crippen LogP contribution is 2.36. The maximum atomic E-state index is 14.8. The van der Waals surface area contributed by atoms with Crippen molar-refractivity contribution >= 4 is 39.8 Å². The number of piperidine rings is 1. The Kier molecular flexibility index (Phi) is 6.06. The van der Waals surface area contributed by atoms with Crippen molar-refractivity contribution in [1.29, 1.82) is 0 Å². The summed E-state index contributed by atoms with van der Waals surface area (Å²) in [6, 6.07) is 6.81. The van der Waals surface area contributed by atoms with Gasteiger partial charge in [-0.1, -0.05) is 11.8 Å². The topological polar surface area (TPSA) is 84.3 Å². The number of methoxy groups -OCH3 is 1. The molecule has 1 aliphatic heterocycles. The van der Waals surface area contributed by atoms with Crippen molar-refractivity contribution in [2.75, 3.05) is 26.0 Å². The molecular weight excluding hydrogens is 425 g/mol. The van der Waals surface area contributed by atoms with Crippen LogP contribution in [-0.2, 0) is 5.60 Å². The van der Waals surface area contributed by atoms with Gasteiger partial charge >= 0.3 is 0 Å². The number of benzene rings is 1. The zero-order valence-electron chi connectivity index (χ0n) is 16.7. The van der Waals surface area contributed by atoms with Crippen LogP contribution in [0.2, 0.25) is 0 Å². The van der Waals surface area contributed by atoms with E-state index in [0.717, 1.165) is 18.0 Å². The molecule has 1 saturated heterocycles. The van der Waals surface area contributed by atoms with Gasteiger partial charge in [-0.05, 0) is 57.1 Å². The number of aliphatic hydroxyl groups is 1. The van der Waals surface area contributed by atoms with Crippen molar-refractivity contribution in [2.24, 2.45) is 0 Å². The standard InChI is InChI=1S/C21H22FN3O3S2/c1-12-24-13-3-4-15(28-2)19(22)18(13)20(25-12)29-11-14(26)16-5-6-17(30-16)21(27)7-9-23-10-8-21/h3-6,23,27H,7-11H2,1-2H3. The molecule has 2 N–H and O–H groups in total. The van der Waals surface area contributed by atoms with Crippen LogP contribution in [0.3, 0.4) is 0 Å². The molecule has 2 aromatic heterocycles. The smallest absolute Gasteiger partial charge is 0.183 e. The zero-order valence-corrected chi connectivity index (χ0v) is 18.3. The highest BCUT2D eigenvalue weighted by molar-refractivity contribution is 8.00. The summed E-state index contributed by atoms with van der Waals surface area (Å²) in [7, 11) is 1.40. The second kappa shape index (κ2) is 8.58. The number of ether oxygens (including phenoxy) is 1. The van der Waals surface area contributed by atoms with Gasteiger partial charge in [0.1, 0.15) is 16.5 Å². The molecule has 1 fully saturated rings. The van der Waals surface area contributed by atoms with Crippen molar-refractivity contribution < 1.29 is 19.0 Å². The predicted molar refractivity (Wildman–Crippen MR) is 116 cm³/mol. The Morgan fingerprint density at radius 2 is 2.07 bits per heavy atom. The Balaban J connectivity index is 1.55. The van der Waals surface area contributed by atoms with Gasteiger partial charge in [0.25, 0.3) is 0 Å². The van der Waals surface area contributed by atoms with E-state index in [2.05, 4.69) is 15.3 Å². The fourth-order valence-electron chi connectivity index (χ4n) is 3.54. The molecule has 4 rings (SSSR count). The van der Waals surface area contributed by atoms with Crippen molar-refractivity contribution in [1.82, 2.24) is 15.3 Å². The molecule has 3 aromatic rings. The van der Waals surface area contributed by atoms with E-state index in [4.69, 9.17) is 4.74 Å². The SMILES string of the molecule is COc1ccc2nc(C)nc(SCC(=O)c3ccc(C4(O)CCNCC4)s3)c2c1F. The minimum atomic E-state index is -0.874. The lowest BCUT2D eigenvalue weighted by atomic mass is 9.91. The molecule has 0 unspecified atom stereocenters. The lowest BCUT2D eigenvalue weighted by Crippen LogP contribution is -2.39. The lowest BCUT2D eigenvalue weighted by molar-refractivity contribution is 0.00944. The molecule has 6 nitrogen and oxygen atoms in total. The Bertz CT molecular complexity index is 1100. The van der Waals surface area contributed by atoms with Crippen LogP contribution in [0.1, 0.15) is 33.2 Å². The van der Waals surface area contributed by atoms with Crippen molar-refractivity contribution in [3.8, 4) is 5.75 Å². The Hall–Kier alpha value is -2.07. The van der Waals surface area contributed by atoms with E-state index in [1.54, 1.807) is 19.1 Å². The number of ketones is 1. The summed E-state index contributed by atoms with van der Waals surface area (Å²) < 4.78 is 19.9. The number of fused-ring (bicyclic) bond motifs is 1. The molecule has 3 heterocycles. The number of aryl methyl sites for hydroxylation is 1. The Morgan fingerprint density at radius 1 is 1.30 bits per heavy atom. The number of hydrogen-bond acceptors (Lipinski definition) is 8. The second-order valence-electron chi connectivity index (χ2n) is 7.21. The highest BCUT2D eigenvalue weighted by atomic mass is 32.2. The Labute approximate surface area is 181 Å². The molecule has 30 heavy (non-hydrogen) atoms. The molecule has 9 heteroatoms. The number of Topliss-reactive ketones (excluding diaryl/α,β-unsaturated/α-hetero) is 1. The number of rotatable bonds is 6. The van der Waals surface area contributed by atoms with Crippen molar-refractivity contribution in [3.05, 3.63) is 45.7 Å².